The number of carbonyl (C=O) groups excluding carboxylic acids is 1. The average molecular weight is 317 g/mol. The van der Waals surface area contributed by atoms with Gasteiger partial charge >= 0.3 is 6.03 Å². The minimum absolute atomic E-state index is 0.0185. The molecule has 0 unspecified atom stereocenters. The molecule has 0 aliphatic heterocycles. The maximum atomic E-state index is 13.3. The topological polar surface area (TPSA) is 81.1 Å². The molecule has 2 N–H and O–H groups in total. The predicted molar refractivity (Wildman–Crippen MR) is 82.4 cm³/mol. The van der Waals surface area contributed by atoms with E-state index in [1.54, 1.807) is 11.0 Å². The third-order valence-electron chi connectivity index (χ3n) is 2.81. The number of benzene rings is 1. The molecule has 120 valence electrons. The van der Waals surface area contributed by atoms with Gasteiger partial charge in [0, 0.05) is 12.1 Å². The first kappa shape index (κ1) is 16.3. The number of hydrogen-bond acceptors (Lipinski definition) is 4. The summed E-state index contributed by atoms with van der Waals surface area (Å²) in [6.07, 6.45) is 8.09. The van der Waals surface area contributed by atoms with Crippen LogP contribution in [0.4, 0.5) is 14.9 Å². The van der Waals surface area contributed by atoms with E-state index >= 15 is 0 Å². The molecule has 1 heterocycles. The normalized spacial score (nSPS) is 11.3. The molecule has 1 aromatic heterocycles. The number of anilines is 1. The van der Waals surface area contributed by atoms with E-state index in [0.717, 1.165) is 6.07 Å². The standard InChI is InChI=1S/C15H16FN5O2/c1-3-6-23-14-5-4-12(16)7-13(14)20-15(22)19-11(2)8-21-10-17-9-18-21/h1,4-5,7,9-11H,6,8H2,2H3,(H2,19,20,22)/t11-/m0/s1. The lowest BCUT2D eigenvalue weighted by molar-refractivity contribution is 0.247. The van der Waals surface area contributed by atoms with Crippen LogP contribution in [0.15, 0.2) is 30.9 Å². The van der Waals surface area contributed by atoms with Crippen molar-refractivity contribution in [1.29, 1.82) is 0 Å². The largest absolute Gasteiger partial charge is 0.479 e. The van der Waals surface area contributed by atoms with Gasteiger partial charge in [-0.1, -0.05) is 5.92 Å². The molecule has 0 spiro atoms. The van der Waals surface area contributed by atoms with Crippen molar-refractivity contribution in [3.8, 4) is 18.1 Å². The van der Waals surface area contributed by atoms with Crippen LogP contribution in [0, 0.1) is 18.2 Å². The van der Waals surface area contributed by atoms with Crippen molar-refractivity contribution in [1.82, 2.24) is 20.1 Å². The molecule has 8 heteroatoms. The number of nitrogens with one attached hydrogen (secondary N) is 2. The maximum absolute atomic E-state index is 13.3. The highest BCUT2D eigenvalue weighted by Gasteiger charge is 2.12. The van der Waals surface area contributed by atoms with E-state index in [0.29, 0.717) is 12.3 Å². The zero-order chi connectivity index (χ0) is 16.7. The summed E-state index contributed by atoms with van der Waals surface area (Å²) >= 11 is 0. The molecule has 0 saturated heterocycles. The zero-order valence-corrected chi connectivity index (χ0v) is 12.5. The number of ether oxygens (including phenoxy) is 1. The van der Waals surface area contributed by atoms with Crippen LogP contribution in [0.3, 0.4) is 0 Å². The first-order valence-corrected chi connectivity index (χ1v) is 6.84. The number of amides is 2. The first-order valence-electron chi connectivity index (χ1n) is 6.84. The minimum atomic E-state index is -0.496. The van der Waals surface area contributed by atoms with Crippen molar-refractivity contribution in [2.45, 2.75) is 19.5 Å². The number of halogens is 1. The van der Waals surface area contributed by atoms with E-state index in [9.17, 15) is 9.18 Å². The molecule has 1 aromatic carbocycles. The molecule has 2 rings (SSSR count). The Kier molecular flexibility index (Phi) is 5.52. The van der Waals surface area contributed by atoms with E-state index in [4.69, 9.17) is 11.2 Å². The first-order chi connectivity index (χ1) is 11.1. The van der Waals surface area contributed by atoms with E-state index < -0.39 is 11.8 Å². The Morgan fingerprint density at radius 3 is 3.09 bits per heavy atom. The van der Waals surface area contributed by atoms with Crippen molar-refractivity contribution in [3.63, 3.8) is 0 Å². The van der Waals surface area contributed by atoms with Gasteiger partial charge in [0.05, 0.1) is 12.2 Å². The molecule has 0 aliphatic rings. The molecular formula is C15H16FN5O2. The summed E-state index contributed by atoms with van der Waals surface area (Å²) in [5.74, 6) is 2.11. The van der Waals surface area contributed by atoms with Gasteiger partial charge in [0.2, 0.25) is 0 Å². The molecular weight excluding hydrogens is 301 g/mol. The van der Waals surface area contributed by atoms with Crippen LogP contribution in [-0.2, 0) is 6.54 Å². The van der Waals surface area contributed by atoms with Crippen molar-refractivity contribution in [2.75, 3.05) is 11.9 Å². The Morgan fingerprint density at radius 2 is 2.39 bits per heavy atom. The highest BCUT2D eigenvalue weighted by Crippen LogP contribution is 2.25. The zero-order valence-electron chi connectivity index (χ0n) is 12.5. The summed E-state index contributed by atoms with van der Waals surface area (Å²) in [4.78, 5) is 15.8. The van der Waals surface area contributed by atoms with Crippen LogP contribution in [0.1, 0.15) is 6.92 Å². The molecule has 1 atom stereocenters. The van der Waals surface area contributed by atoms with Crippen LogP contribution in [0.5, 0.6) is 5.75 Å². The predicted octanol–water partition coefficient (Wildman–Crippen LogP) is 1.64. The van der Waals surface area contributed by atoms with Gasteiger partial charge in [-0.05, 0) is 19.1 Å². The van der Waals surface area contributed by atoms with E-state index in [1.807, 2.05) is 6.92 Å². The highest BCUT2D eigenvalue weighted by molar-refractivity contribution is 5.91. The summed E-state index contributed by atoms with van der Waals surface area (Å²) in [5.41, 5.74) is 0.200. The van der Waals surface area contributed by atoms with E-state index in [2.05, 4.69) is 26.6 Å². The Morgan fingerprint density at radius 1 is 1.57 bits per heavy atom. The Balaban J connectivity index is 1.96. The van der Waals surface area contributed by atoms with Gasteiger partial charge in [0.1, 0.15) is 30.8 Å². The third-order valence-corrected chi connectivity index (χ3v) is 2.81. The maximum Gasteiger partial charge on any atom is 0.319 e. The summed E-state index contributed by atoms with van der Waals surface area (Å²) in [6, 6.07) is 3.09. The Labute approximate surface area is 132 Å². The fraction of sp³-hybridized carbons (Fsp3) is 0.267. The number of carbonyl (C=O) groups is 1. The molecule has 2 aromatic rings. The van der Waals surface area contributed by atoms with Crippen LogP contribution < -0.4 is 15.4 Å². The Bertz CT molecular complexity index is 696. The second-order valence-electron chi connectivity index (χ2n) is 4.75. The molecule has 0 fully saturated rings. The van der Waals surface area contributed by atoms with Gasteiger partial charge in [-0.25, -0.2) is 14.2 Å². The second kappa shape index (κ2) is 7.79. The molecule has 0 saturated carbocycles. The molecule has 2 amide bonds. The fourth-order valence-electron chi connectivity index (χ4n) is 1.88. The van der Waals surface area contributed by atoms with Gasteiger partial charge in [-0.2, -0.15) is 5.10 Å². The van der Waals surface area contributed by atoms with Crippen molar-refractivity contribution < 1.29 is 13.9 Å². The van der Waals surface area contributed by atoms with E-state index in [1.165, 1.54) is 18.5 Å². The average Bonchev–Trinajstić information content (AvgIpc) is 2.99. The minimum Gasteiger partial charge on any atom is -0.479 e. The molecule has 23 heavy (non-hydrogen) atoms. The van der Waals surface area contributed by atoms with Crippen LogP contribution in [0.25, 0.3) is 0 Å². The number of rotatable bonds is 6. The number of aromatic nitrogens is 3. The lowest BCUT2D eigenvalue weighted by Crippen LogP contribution is -2.38. The summed E-state index contributed by atoms with van der Waals surface area (Å²) in [6.45, 7) is 2.28. The van der Waals surface area contributed by atoms with Gasteiger partial charge in [-0.3, -0.25) is 4.68 Å². The lowest BCUT2D eigenvalue weighted by Gasteiger charge is -2.16. The Hall–Kier alpha value is -3.08. The van der Waals surface area contributed by atoms with Crippen molar-refractivity contribution in [3.05, 3.63) is 36.7 Å². The number of urea groups is 1. The molecule has 0 bridgehead atoms. The smallest absolute Gasteiger partial charge is 0.319 e. The summed E-state index contributed by atoms with van der Waals surface area (Å²) in [5, 5.41) is 9.21. The van der Waals surface area contributed by atoms with Gasteiger partial charge in [0.15, 0.2) is 0 Å². The van der Waals surface area contributed by atoms with Crippen LogP contribution in [-0.4, -0.2) is 33.4 Å². The number of nitrogens with zero attached hydrogens (tertiary/aromatic N) is 3. The fourth-order valence-corrected chi connectivity index (χ4v) is 1.88. The van der Waals surface area contributed by atoms with Gasteiger partial charge in [-0.15, -0.1) is 6.42 Å². The van der Waals surface area contributed by atoms with E-state index in [-0.39, 0.29) is 18.3 Å². The lowest BCUT2D eigenvalue weighted by atomic mass is 10.3. The molecule has 0 aliphatic carbocycles. The second-order valence-corrected chi connectivity index (χ2v) is 4.75. The van der Waals surface area contributed by atoms with Gasteiger partial charge < -0.3 is 15.4 Å². The quantitative estimate of drug-likeness (QED) is 0.794. The number of hydrogen-bond donors (Lipinski definition) is 2. The van der Waals surface area contributed by atoms with Crippen LogP contribution in [0.2, 0.25) is 0 Å². The van der Waals surface area contributed by atoms with Crippen molar-refractivity contribution in [2.24, 2.45) is 0 Å². The highest BCUT2D eigenvalue weighted by atomic mass is 19.1. The van der Waals surface area contributed by atoms with Gasteiger partial charge in [0.25, 0.3) is 0 Å². The summed E-state index contributed by atoms with van der Waals surface area (Å²) < 4.78 is 20.2. The third kappa shape index (κ3) is 5.00. The molecule has 7 nitrogen and oxygen atoms in total. The SMILES string of the molecule is C#CCOc1ccc(F)cc1NC(=O)N[C@@H](C)Cn1cncn1. The van der Waals surface area contributed by atoms with Crippen LogP contribution >= 0.6 is 0 Å². The molecule has 0 radical (unpaired) electrons. The monoisotopic (exact) mass is 317 g/mol. The summed E-state index contributed by atoms with van der Waals surface area (Å²) in [7, 11) is 0. The number of terminal acetylenes is 1. The van der Waals surface area contributed by atoms with Crippen molar-refractivity contribution >= 4 is 11.7 Å².